The van der Waals surface area contributed by atoms with Crippen molar-refractivity contribution in [2.45, 2.75) is 9.79 Å². The molecule has 2 nitrogen and oxygen atoms in total. The number of aromatic nitrogens is 2. The van der Waals surface area contributed by atoms with Gasteiger partial charge >= 0.3 is 26.2 Å². The molecule has 2 heterocycles. The SMILES string of the molecule is Brc1ccc2c3[c-][nH]cc(Sc4c[nH][c-]c5c6ccc(Br)cc6cc4-5)c-3cc2c1.[Cl-].[Cl-].[Zr+4]. The molecule has 0 radical (unpaired) electrons. The first-order valence-corrected chi connectivity index (χ1v) is 11.5. The van der Waals surface area contributed by atoms with Crippen molar-refractivity contribution in [1.82, 2.24) is 9.97 Å². The molecule has 2 N–H and O–H groups in total. The normalized spacial score (nSPS) is 10.8. The molecule has 2 aromatic rings. The summed E-state index contributed by atoms with van der Waals surface area (Å²) in [6, 6.07) is 17.2. The van der Waals surface area contributed by atoms with Gasteiger partial charge in [-0.3, -0.25) is 0 Å². The average molecular weight is 682 g/mol. The van der Waals surface area contributed by atoms with E-state index in [0.717, 1.165) is 20.1 Å². The van der Waals surface area contributed by atoms with Crippen LogP contribution in [0.1, 0.15) is 0 Å². The van der Waals surface area contributed by atoms with E-state index in [0.29, 0.717) is 0 Å². The van der Waals surface area contributed by atoms with Crippen LogP contribution >= 0.6 is 43.6 Å². The van der Waals surface area contributed by atoms with Crippen LogP contribution in [-0.2, 0) is 26.2 Å². The number of pyridine rings is 2. The Bertz CT molecular complexity index is 1370. The van der Waals surface area contributed by atoms with Gasteiger partial charge in [0.15, 0.2) is 0 Å². The smallest absolute Gasteiger partial charge is 1.00 e. The third-order valence-corrected chi connectivity index (χ3v) is 7.36. The first kappa shape index (κ1) is 25.9. The molecule has 0 saturated carbocycles. The third-order valence-electron chi connectivity index (χ3n) is 5.26. The molecule has 0 aromatic heterocycles. The van der Waals surface area contributed by atoms with Crippen molar-refractivity contribution in [2.24, 2.45) is 0 Å². The molecule has 4 aliphatic rings. The van der Waals surface area contributed by atoms with Crippen molar-refractivity contribution in [3.05, 3.63) is 82.3 Å². The number of hydrogen-bond acceptors (Lipinski definition) is 1. The molecule has 6 rings (SSSR count). The molecule has 2 aromatic carbocycles. The molecule has 0 unspecified atom stereocenters. The molecule has 2 aliphatic heterocycles. The predicted molar refractivity (Wildman–Crippen MR) is 127 cm³/mol. The van der Waals surface area contributed by atoms with Crippen molar-refractivity contribution < 1.29 is 51.0 Å². The Morgan fingerprint density at radius 3 is 1.53 bits per heavy atom. The molecule has 156 valence electrons. The van der Waals surface area contributed by atoms with Gasteiger partial charge in [-0.15, -0.1) is 22.9 Å². The van der Waals surface area contributed by atoms with Gasteiger partial charge in [-0.2, -0.15) is 0 Å². The molecule has 0 amide bonds. The van der Waals surface area contributed by atoms with Crippen molar-refractivity contribution >= 4 is 65.2 Å². The van der Waals surface area contributed by atoms with E-state index in [1.807, 2.05) is 12.4 Å². The maximum atomic E-state index is 3.58. The standard InChI is InChI=1S/C24H12Br2N2S.2ClH.Zr/c25-15-1-3-17-13(5-15)7-19-21(17)9-27-11-23(19)29-24-12-28-10-22-18-4-2-16(26)6-14(18)8-20(22)24;;;/h1-8,11-12,27-28H;2*1H;/q-2;;;+4/p-2. The van der Waals surface area contributed by atoms with Gasteiger partial charge in [0.05, 0.1) is 0 Å². The number of halogens is 4. The number of H-pyrrole nitrogens is 2. The quantitative estimate of drug-likeness (QED) is 0.270. The van der Waals surface area contributed by atoms with Gasteiger partial charge < -0.3 is 34.8 Å². The van der Waals surface area contributed by atoms with Crippen molar-refractivity contribution in [2.75, 3.05) is 0 Å². The van der Waals surface area contributed by atoms with E-state index in [-0.39, 0.29) is 51.0 Å². The molecule has 0 atom stereocenters. The maximum absolute atomic E-state index is 3.58. The molecule has 0 fully saturated rings. The molecule has 32 heavy (non-hydrogen) atoms. The van der Waals surface area contributed by atoms with Crippen LogP contribution in [0.3, 0.4) is 0 Å². The number of nitrogens with one attached hydrogen (secondary N) is 2. The van der Waals surface area contributed by atoms with Crippen molar-refractivity contribution in [3.8, 4) is 22.3 Å². The number of rotatable bonds is 2. The monoisotopic (exact) mass is 678 g/mol. The van der Waals surface area contributed by atoms with Crippen LogP contribution in [0.5, 0.6) is 0 Å². The van der Waals surface area contributed by atoms with E-state index in [2.05, 4.69) is 103 Å². The fourth-order valence-electron chi connectivity index (χ4n) is 3.96. The van der Waals surface area contributed by atoms with Gasteiger partial charge in [-0.25, -0.2) is 0 Å². The topological polar surface area (TPSA) is 31.6 Å². The van der Waals surface area contributed by atoms with Gasteiger partial charge in [0.25, 0.3) is 0 Å². The second-order valence-electron chi connectivity index (χ2n) is 6.99. The third kappa shape index (κ3) is 4.35. The number of benzene rings is 2. The summed E-state index contributed by atoms with van der Waals surface area (Å²) in [5, 5.41) is 4.86. The molecule has 8 heteroatoms. The fraction of sp³-hybridized carbons (Fsp3) is 0. The zero-order valence-electron chi connectivity index (χ0n) is 16.2. The first-order chi connectivity index (χ1) is 14.2. The summed E-state index contributed by atoms with van der Waals surface area (Å²) in [4.78, 5) is 8.79. The van der Waals surface area contributed by atoms with Gasteiger partial charge in [0.1, 0.15) is 0 Å². The Kier molecular flexibility index (Phi) is 8.29. The molecule has 0 bridgehead atoms. The first-order valence-electron chi connectivity index (χ1n) is 9.07. The van der Waals surface area contributed by atoms with Gasteiger partial charge in [0, 0.05) is 8.95 Å². The van der Waals surface area contributed by atoms with Crippen LogP contribution in [0.2, 0.25) is 0 Å². The van der Waals surface area contributed by atoms with E-state index in [1.165, 1.54) is 42.5 Å². The van der Waals surface area contributed by atoms with E-state index in [4.69, 9.17) is 0 Å². The molecule has 0 saturated heterocycles. The predicted octanol–water partition coefficient (Wildman–Crippen LogP) is 2.14. The van der Waals surface area contributed by atoms with Crippen LogP contribution in [0, 0.1) is 12.4 Å². The Morgan fingerprint density at radius 2 is 1.09 bits per heavy atom. The minimum atomic E-state index is 0. The summed E-state index contributed by atoms with van der Waals surface area (Å²) >= 11 is 8.91. The maximum Gasteiger partial charge on any atom is 4.00 e. The van der Waals surface area contributed by atoms with E-state index < -0.39 is 0 Å². The molecular formula is C24H12Br2Cl2N2SZr. The Morgan fingerprint density at radius 1 is 0.656 bits per heavy atom. The second-order valence-corrected chi connectivity index (χ2v) is 9.90. The molecular weight excluding hydrogens is 670 g/mol. The number of fused-ring (bicyclic) bond motifs is 6. The summed E-state index contributed by atoms with van der Waals surface area (Å²) in [6.07, 6.45) is 10.7. The van der Waals surface area contributed by atoms with Crippen molar-refractivity contribution in [1.29, 1.82) is 0 Å². The largest absolute Gasteiger partial charge is 4.00 e. The Hall–Kier alpha value is -0.747. The van der Waals surface area contributed by atoms with Crippen LogP contribution < -0.4 is 24.8 Å². The van der Waals surface area contributed by atoms with Crippen LogP contribution in [-0.4, -0.2) is 9.97 Å². The minimum Gasteiger partial charge on any atom is -1.00 e. The summed E-state index contributed by atoms with van der Waals surface area (Å²) in [7, 11) is 0. The zero-order chi connectivity index (χ0) is 19.5. The number of hydrogen-bond donors (Lipinski definition) is 2. The zero-order valence-corrected chi connectivity index (χ0v) is 24.2. The summed E-state index contributed by atoms with van der Waals surface area (Å²) in [5.41, 5.74) is 4.66. The summed E-state index contributed by atoms with van der Waals surface area (Å²) in [6.45, 7) is 0. The second kappa shape index (κ2) is 10.3. The number of aromatic amines is 2. The molecule has 2 aliphatic carbocycles. The van der Waals surface area contributed by atoms with Gasteiger partial charge in [-0.1, -0.05) is 138 Å². The van der Waals surface area contributed by atoms with E-state index in [1.54, 1.807) is 11.8 Å². The van der Waals surface area contributed by atoms with E-state index in [9.17, 15) is 0 Å². The average Bonchev–Trinajstić information content (AvgIpc) is 3.26. The van der Waals surface area contributed by atoms with Crippen molar-refractivity contribution in [3.63, 3.8) is 0 Å². The Labute approximate surface area is 238 Å². The Balaban J connectivity index is 0.000000963. The van der Waals surface area contributed by atoms with Gasteiger partial charge in [0.2, 0.25) is 0 Å². The summed E-state index contributed by atoms with van der Waals surface area (Å²) < 4.78 is 2.17. The van der Waals surface area contributed by atoms with Gasteiger partial charge in [-0.05, 0) is 9.79 Å². The fourth-order valence-corrected chi connectivity index (χ4v) is 5.73. The minimum absolute atomic E-state index is 0. The van der Waals surface area contributed by atoms with Crippen LogP contribution in [0.4, 0.5) is 0 Å². The molecule has 0 spiro atoms. The summed E-state index contributed by atoms with van der Waals surface area (Å²) in [5.74, 6) is 0. The van der Waals surface area contributed by atoms with Crippen LogP contribution in [0.25, 0.3) is 43.8 Å². The van der Waals surface area contributed by atoms with E-state index >= 15 is 0 Å². The van der Waals surface area contributed by atoms with Crippen LogP contribution in [0.15, 0.2) is 79.7 Å².